The van der Waals surface area contributed by atoms with Gasteiger partial charge in [-0.2, -0.15) is 0 Å². The molecule has 1 N–H and O–H groups in total. The van der Waals surface area contributed by atoms with Gasteiger partial charge in [0.15, 0.2) is 0 Å². The first-order chi connectivity index (χ1) is 6.61. The predicted octanol–water partition coefficient (Wildman–Crippen LogP) is 1.74. The minimum Gasteiger partial charge on any atom is -0.475 e. The van der Waals surface area contributed by atoms with E-state index >= 15 is 0 Å². The summed E-state index contributed by atoms with van der Waals surface area (Å²) in [5, 5.41) is 8.38. The fourth-order valence-corrected chi connectivity index (χ4v) is 1.04. The Morgan fingerprint density at radius 1 is 1.21 bits per heavy atom. The van der Waals surface area contributed by atoms with E-state index in [1.807, 2.05) is 30.3 Å². The highest BCUT2D eigenvalue weighted by Gasteiger charge is 2.07. The van der Waals surface area contributed by atoms with Gasteiger partial charge in [-0.15, -0.1) is 0 Å². The minimum atomic E-state index is -1.43. The summed E-state index contributed by atoms with van der Waals surface area (Å²) < 4.78 is 0. The highest BCUT2D eigenvalue weighted by molar-refractivity contribution is 6.38. The van der Waals surface area contributed by atoms with Gasteiger partial charge in [0.25, 0.3) is 5.78 Å². The third-order valence-corrected chi connectivity index (χ3v) is 1.79. The average molecular weight is 190 g/mol. The van der Waals surface area contributed by atoms with Crippen LogP contribution in [0.1, 0.15) is 12.5 Å². The van der Waals surface area contributed by atoms with E-state index in [-0.39, 0.29) is 0 Å². The van der Waals surface area contributed by atoms with Crippen molar-refractivity contribution in [1.82, 2.24) is 0 Å². The zero-order valence-corrected chi connectivity index (χ0v) is 7.73. The lowest BCUT2D eigenvalue weighted by molar-refractivity contribution is -0.146. The van der Waals surface area contributed by atoms with Gasteiger partial charge in [0.05, 0.1) is 0 Å². The van der Waals surface area contributed by atoms with Crippen molar-refractivity contribution in [2.75, 3.05) is 0 Å². The molecule has 3 nitrogen and oxygen atoms in total. The maximum atomic E-state index is 10.9. The molecule has 0 heterocycles. The predicted molar refractivity (Wildman–Crippen MR) is 52.7 cm³/mol. The number of ketones is 1. The smallest absolute Gasteiger partial charge is 0.376 e. The van der Waals surface area contributed by atoms with Gasteiger partial charge in [-0.25, -0.2) is 4.79 Å². The van der Waals surface area contributed by atoms with E-state index in [4.69, 9.17) is 5.11 Å². The van der Waals surface area contributed by atoms with E-state index < -0.39 is 11.8 Å². The van der Waals surface area contributed by atoms with Gasteiger partial charge in [-0.05, 0) is 24.1 Å². The van der Waals surface area contributed by atoms with Crippen LogP contribution in [-0.4, -0.2) is 16.9 Å². The summed E-state index contributed by atoms with van der Waals surface area (Å²) in [6.45, 7) is 1.70. The Morgan fingerprint density at radius 2 is 1.79 bits per heavy atom. The van der Waals surface area contributed by atoms with Gasteiger partial charge in [0.1, 0.15) is 0 Å². The van der Waals surface area contributed by atoms with Crippen molar-refractivity contribution in [2.45, 2.75) is 6.92 Å². The SMILES string of the molecule is CC(=CC(=O)C(=O)O)c1ccccc1. The molecule has 1 rings (SSSR count). The molecule has 0 atom stereocenters. The maximum absolute atomic E-state index is 10.9. The zero-order valence-electron chi connectivity index (χ0n) is 7.73. The summed E-state index contributed by atoms with van der Waals surface area (Å²) in [7, 11) is 0. The number of carboxylic acid groups (broad SMARTS) is 1. The van der Waals surface area contributed by atoms with Gasteiger partial charge in [-0.1, -0.05) is 30.3 Å². The number of carbonyl (C=O) groups is 2. The second-order valence-electron chi connectivity index (χ2n) is 2.86. The number of benzene rings is 1. The van der Waals surface area contributed by atoms with E-state index in [2.05, 4.69) is 0 Å². The largest absolute Gasteiger partial charge is 0.475 e. The number of hydrogen-bond acceptors (Lipinski definition) is 2. The maximum Gasteiger partial charge on any atom is 0.376 e. The van der Waals surface area contributed by atoms with Crippen LogP contribution in [0.2, 0.25) is 0 Å². The molecule has 0 spiro atoms. The summed E-state index contributed by atoms with van der Waals surface area (Å²) in [5.41, 5.74) is 1.50. The van der Waals surface area contributed by atoms with Crippen molar-refractivity contribution in [1.29, 1.82) is 0 Å². The van der Waals surface area contributed by atoms with Crippen molar-refractivity contribution in [2.24, 2.45) is 0 Å². The van der Waals surface area contributed by atoms with Crippen LogP contribution in [0.3, 0.4) is 0 Å². The first-order valence-corrected chi connectivity index (χ1v) is 4.12. The summed E-state index contributed by atoms with van der Waals surface area (Å²) in [6.07, 6.45) is 1.12. The quantitative estimate of drug-likeness (QED) is 0.583. The van der Waals surface area contributed by atoms with Crippen LogP contribution in [-0.2, 0) is 9.59 Å². The molecular formula is C11H10O3. The number of rotatable bonds is 3. The van der Waals surface area contributed by atoms with Crippen molar-refractivity contribution in [3.63, 3.8) is 0 Å². The normalized spacial score (nSPS) is 11.1. The molecule has 0 bridgehead atoms. The summed E-state index contributed by atoms with van der Waals surface area (Å²) in [5.74, 6) is -2.33. The Hall–Kier alpha value is -1.90. The van der Waals surface area contributed by atoms with Crippen LogP contribution in [0, 0.1) is 0 Å². The molecule has 0 radical (unpaired) electrons. The molecule has 0 aliphatic heterocycles. The Balaban J connectivity index is 2.91. The molecular weight excluding hydrogens is 180 g/mol. The van der Waals surface area contributed by atoms with E-state index in [1.165, 1.54) is 0 Å². The lowest BCUT2D eigenvalue weighted by atomic mass is 10.1. The molecule has 0 saturated carbocycles. The van der Waals surface area contributed by atoms with Crippen LogP contribution in [0.4, 0.5) is 0 Å². The second-order valence-corrected chi connectivity index (χ2v) is 2.86. The van der Waals surface area contributed by atoms with E-state index in [9.17, 15) is 9.59 Å². The van der Waals surface area contributed by atoms with Crippen molar-refractivity contribution in [3.05, 3.63) is 42.0 Å². The van der Waals surface area contributed by atoms with Gasteiger partial charge < -0.3 is 5.11 Å². The zero-order chi connectivity index (χ0) is 10.6. The van der Waals surface area contributed by atoms with Crippen LogP contribution in [0.25, 0.3) is 5.57 Å². The third-order valence-electron chi connectivity index (χ3n) is 1.79. The Kier molecular flexibility index (Phi) is 3.18. The Bertz CT molecular complexity index is 377. The minimum absolute atomic E-state index is 0.651. The van der Waals surface area contributed by atoms with Crippen LogP contribution in [0.15, 0.2) is 36.4 Å². The van der Waals surface area contributed by atoms with Crippen LogP contribution >= 0.6 is 0 Å². The second kappa shape index (κ2) is 4.37. The number of aliphatic carboxylic acids is 1. The third kappa shape index (κ3) is 2.55. The molecule has 0 unspecified atom stereocenters. The first kappa shape index (κ1) is 10.2. The highest BCUT2D eigenvalue weighted by atomic mass is 16.4. The number of allylic oxidation sites excluding steroid dienone is 1. The molecule has 0 saturated heterocycles. The molecule has 0 aliphatic rings. The molecule has 0 aromatic heterocycles. The van der Waals surface area contributed by atoms with Crippen LogP contribution < -0.4 is 0 Å². The van der Waals surface area contributed by atoms with E-state index in [0.29, 0.717) is 5.57 Å². The topological polar surface area (TPSA) is 54.4 Å². The Labute approximate surface area is 81.7 Å². The summed E-state index contributed by atoms with van der Waals surface area (Å²) >= 11 is 0. The summed E-state index contributed by atoms with van der Waals surface area (Å²) in [4.78, 5) is 21.1. The molecule has 3 heteroatoms. The monoisotopic (exact) mass is 190 g/mol. The first-order valence-electron chi connectivity index (χ1n) is 4.12. The van der Waals surface area contributed by atoms with Gasteiger partial charge in [0.2, 0.25) is 0 Å². The van der Waals surface area contributed by atoms with Crippen LogP contribution in [0.5, 0.6) is 0 Å². The Morgan fingerprint density at radius 3 is 2.29 bits per heavy atom. The molecule has 1 aromatic carbocycles. The van der Waals surface area contributed by atoms with Gasteiger partial charge in [-0.3, -0.25) is 4.79 Å². The number of carboxylic acids is 1. The molecule has 14 heavy (non-hydrogen) atoms. The fraction of sp³-hybridized carbons (Fsp3) is 0.0909. The van der Waals surface area contributed by atoms with Crippen molar-refractivity contribution < 1.29 is 14.7 Å². The lowest BCUT2D eigenvalue weighted by Crippen LogP contribution is -2.09. The molecule has 0 aliphatic carbocycles. The standard InChI is InChI=1S/C11H10O3/c1-8(7-10(12)11(13)14)9-5-3-2-4-6-9/h2-7H,1H3,(H,13,14). The fourth-order valence-electron chi connectivity index (χ4n) is 1.04. The number of hydrogen-bond donors (Lipinski definition) is 1. The molecule has 0 amide bonds. The van der Waals surface area contributed by atoms with E-state index in [0.717, 1.165) is 11.6 Å². The molecule has 0 fully saturated rings. The summed E-state index contributed by atoms with van der Waals surface area (Å²) in [6, 6.07) is 9.16. The average Bonchev–Trinajstić information content (AvgIpc) is 2.19. The van der Waals surface area contributed by atoms with Crippen molar-refractivity contribution >= 4 is 17.3 Å². The lowest BCUT2D eigenvalue weighted by Gasteiger charge is -1.98. The molecule has 72 valence electrons. The van der Waals surface area contributed by atoms with E-state index in [1.54, 1.807) is 6.92 Å². The number of carbonyl (C=O) groups excluding carboxylic acids is 1. The molecule has 1 aromatic rings. The highest BCUT2D eigenvalue weighted by Crippen LogP contribution is 2.12. The van der Waals surface area contributed by atoms with Gasteiger partial charge >= 0.3 is 5.97 Å². The van der Waals surface area contributed by atoms with Crippen molar-refractivity contribution in [3.8, 4) is 0 Å². The van der Waals surface area contributed by atoms with Gasteiger partial charge in [0, 0.05) is 0 Å².